The van der Waals surface area contributed by atoms with Crippen molar-refractivity contribution in [3.8, 4) is 0 Å². The first-order chi connectivity index (χ1) is 12.2. The van der Waals surface area contributed by atoms with Gasteiger partial charge in [0.2, 0.25) is 0 Å². The molecule has 1 aromatic carbocycles. The molecule has 25 heavy (non-hydrogen) atoms. The molecule has 4 heteroatoms. The van der Waals surface area contributed by atoms with Gasteiger partial charge in [0.05, 0.1) is 12.2 Å². The first-order valence-corrected chi connectivity index (χ1v) is 9.08. The topological polar surface area (TPSA) is 41.0 Å². The lowest BCUT2D eigenvalue weighted by Crippen LogP contribution is -2.33. The van der Waals surface area contributed by atoms with Crippen LogP contribution in [-0.2, 0) is 19.5 Å². The highest BCUT2D eigenvalue weighted by atomic mass is 16.1. The molecule has 2 aromatic rings. The van der Waals surface area contributed by atoms with E-state index < -0.39 is 0 Å². The van der Waals surface area contributed by atoms with Gasteiger partial charge < -0.3 is 0 Å². The summed E-state index contributed by atoms with van der Waals surface area (Å²) in [5.41, 5.74) is 4.74. The first kappa shape index (κ1) is 17.5. The van der Waals surface area contributed by atoms with Crippen LogP contribution < -0.4 is 5.56 Å². The molecule has 3 rings (SSSR count). The van der Waals surface area contributed by atoms with Crippen molar-refractivity contribution in [2.45, 2.75) is 39.8 Å². The van der Waals surface area contributed by atoms with Crippen LogP contribution in [0.25, 0.3) is 0 Å². The summed E-state index contributed by atoms with van der Waals surface area (Å²) in [6, 6.07) is 10.1. The Morgan fingerprint density at radius 3 is 2.80 bits per heavy atom. The van der Waals surface area contributed by atoms with Gasteiger partial charge in [0.25, 0.3) is 5.56 Å². The standard InChI is InChI=1S/C21H27N3O/c1-3-5-9-17(4-2)14-23-13-12-19-20(16-23)22-24(21(19)25)15-18-10-7-6-8-11-18/h3,5-11,22H,4,12-16H2,1-2H3/b5-3-,17-9+. The van der Waals surface area contributed by atoms with Crippen LogP contribution in [0.5, 0.6) is 0 Å². The van der Waals surface area contributed by atoms with Crippen LogP contribution in [0, 0.1) is 0 Å². The van der Waals surface area contributed by atoms with Crippen molar-refractivity contribution in [2.24, 2.45) is 0 Å². The van der Waals surface area contributed by atoms with Gasteiger partial charge in [0.1, 0.15) is 0 Å². The zero-order valence-corrected chi connectivity index (χ0v) is 15.2. The molecule has 1 aliphatic heterocycles. The fourth-order valence-corrected chi connectivity index (χ4v) is 3.35. The molecule has 2 heterocycles. The van der Waals surface area contributed by atoms with Crippen LogP contribution >= 0.6 is 0 Å². The summed E-state index contributed by atoms with van der Waals surface area (Å²) in [5.74, 6) is 0. The highest BCUT2D eigenvalue weighted by molar-refractivity contribution is 5.23. The number of fused-ring (bicyclic) bond motifs is 1. The zero-order chi connectivity index (χ0) is 17.6. The van der Waals surface area contributed by atoms with Crippen molar-refractivity contribution in [3.63, 3.8) is 0 Å². The summed E-state index contributed by atoms with van der Waals surface area (Å²) in [6.45, 7) is 7.57. The second kappa shape index (κ2) is 8.17. The first-order valence-electron chi connectivity index (χ1n) is 9.08. The molecule has 1 aromatic heterocycles. The SMILES string of the molecule is C/C=C\C=C(/CC)CN1CCc2c([nH]n(Cc3ccccc3)c2=O)C1. The maximum Gasteiger partial charge on any atom is 0.270 e. The molecule has 0 saturated carbocycles. The molecule has 4 nitrogen and oxygen atoms in total. The van der Waals surface area contributed by atoms with Gasteiger partial charge in [0, 0.05) is 25.2 Å². The molecular formula is C21H27N3O. The quantitative estimate of drug-likeness (QED) is 0.820. The number of aromatic amines is 1. The number of nitrogens with one attached hydrogen (secondary N) is 1. The normalized spacial score (nSPS) is 15.7. The van der Waals surface area contributed by atoms with Gasteiger partial charge in [-0.05, 0) is 25.3 Å². The van der Waals surface area contributed by atoms with Crippen molar-refractivity contribution in [2.75, 3.05) is 13.1 Å². The second-order valence-electron chi connectivity index (χ2n) is 6.61. The van der Waals surface area contributed by atoms with E-state index >= 15 is 0 Å². The van der Waals surface area contributed by atoms with Gasteiger partial charge in [-0.2, -0.15) is 0 Å². The second-order valence-corrected chi connectivity index (χ2v) is 6.61. The average Bonchev–Trinajstić information content (AvgIpc) is 2.94. The summed E-state index contributed by atoms with van der Waals surface area (Å²) < 4.78 is 1.75. The van der Waals surface area contributed by atoms with Crippen LogP contribution in [0.2, 0.25) is 0 Å². The van der Waals surface area contributed by atoms with E-state index in [0.717, 1.165) is 49.3 Å². The van der Waals surface area contributed by atoms with Gasteiger partial charge in [-0.3, -0.25) is 14.8 Å². The minimum absolute atomic E-state index is 0.138. The zero-order valence-electron chi connectivity index (χ0n) is 15.2. The van der Waals surface area contributed by atoms with Crippen molar-refractivity contribution in [1.82, 2.24) is 14.7 Å². The van der Waals surface area contributed by atoms with Gasteiger partial charge in [-0.25, -0.2) is 4.68 Å². The van der Waals surface area contributed by atoms with E-state index in [1.54, 1.807) is 4.68 Å². The number of allylic oxidation sites excluding steroid dienone is 3. The van der Waals surface area contributed by atoms with E-state index in [4.69, 9.17) is 0 Å². The maximum atomic E-state index is 12.6. The van der Waals surface area contributed by atoms with Gasteiger partial charge in [-0.1, -0.05) is 61.1 Å². The minimum Gasteiger partial charge on any atom is -0.298 e. The highest BCUT2D eigenvalue weighted by Crippen LogP contribution is 2.17. The molecule has 0 fully saturated rings. The molecule has 0 bridgehead atoms. The van der Waals surface area contributed by atoms with Crippen molar-refractivity contribution in [3.05, 3.63) is 81.3 Å². The Morgan fingerprint density at radius 2 is 2.08 bits per heavy atom. The monoisotopic (exact) mass is 337 g/mol. The van der Waals surface area contributed by atoms with Gasteiger partial charge in [-0.15, -0.1) is 0 Å². The van der Waals surface area contributed by atoms with Crippen molar-refractivity contribution >= 4 is 0 Å². The Labute approximate surface area is 149 Å². The average molecular weight is 337 g/mol. The fourth-order valence-electron chi connectivity index (χ4n) is 3.35. The van der Waals surface area contributed by atoms with E-state index in [1.165, 1.54) is 5.57 Å². The third kappa shape index (κ3) is 4.20. The Hall–Kier alpha value is -2.33. The molecule has 0 unspecified atom stereocenters. The third-order valence-corrected chi connectivity index (χ3v) is 4.79. The van der Waals surface area contributed by atoms with Gasteiger partial charge in [0.15, 0.2) is 0 Å². The lowest BCUT2D eigenvalue weighted by Gasteiger charge is -2.26. The predicted octanol–water partition coefficient (Wildman–Crippen LogP) is 3.50. The number of nitrogens with zero attached hydrogens (tertiary/aromatic N) is 2. The van der Waals surface area contributed by atoms with Crippen LogP contribution in [0.1, 0.15) is 37.1 Å². The van der Waals surface area contributed by atoms with Crippen LogP contribution in [0.4, 0.5) is 0 Å². The van der Waals surface area contributed by atoms with E-state index in [-0.39, 0.29) is 5.56 Å². The number of H-pyrrole nitrogens is 1. The van der Waals surface area contributed by atoms with E-state index in [2.05, 4.69) is 47.3 Å². The molecular weight excluding hydrogens is 310 g/mol. The molecule has 0 radical (unpaired) electrons. The Bertz CT molecular complexity index is 811. The Kier molecular flexibility index (Phi) is 5.71. The van der Waals surface area contributed by atoms with E-state index in [0.29, 0.717) is 6.54 Å². The molecule has 0 saturated heterocycles. The summed E-state index contributed by atoms with van der Waals surface area (Å²) in [5, 5.41) is 3.34. The molecule has 0 amide bonds. The molecule has 0 aliphatic carbocycles. The highest BCUT2D eigenvalue weighted by Gasteiger charge is 2.22. The van der Waals surface area contributed by atoms with Crippen LogP contribution in [0.15, 0.2) is 58.9 Å². The van der Waals surface area contributed by atoms with Gasteiger partial charge >= 0.3 is 0 Å². The van der Waals surface area contributed by atoms with E-state index in [1.807, 2.05) is 25.1 Å². The van der Waals surface area contributed by atoms with E-state index in [9.17, 15) is 4.79 Å². The lowest BCUT2D eigenvalue weighted by molar-refractivity contribution is 0.270. The minimum atomic E-state index is 0.138. The smallest absolute Gasteiger partial charge is 0.270 e. The largest absolute Gasteiger partial charge is 0.298 e. The fraction of sp³-hybridized carbons (Fsp3) is 0.381. The molecule has 0 spiro atoms. The van der Waals surface area contributed by atoms with Crippen molar-refractivity contribution < 1.29 is 0 Å². The summed E-state index contributed by atoms with van der Waals surface area (Å²) in [4.78, 5) is 15.1. The summed E-state index contributed by atoms with van der Waals surface area (Å²) in [7, 11) is 0. The Morgan fingerprint density at radius 1 is 1.28 bits per heavy atom. The molecule has 1 N–H and O–H groups in total. The Balaban J connectivity index is 1.73. The molecule has 0 atom stereocenters. The number of rotatable bonds is 6. The lowest BCUT2D eigenvalue weighted by atomic mass is 10.1. The number of benzene rings is 1. The molecule has 132 valence electrons. The summed E-state index contributed by atoms with van der Waals surface area (Å²) in [6.07, 6.45) is 8.25. The number of hydrogen-bond donors (Lipinski definition) is 1. The third-order valence-electron chi connectivity index (χ3n) is 4.79. The number of hydrogen-bond acceptors (Lipinski definition) is 2. The predicted molar refractivity (Wildman–Crippen MR) is 103 cm³/mol. The maximum absolute atomic E-state index is 12.6. The number of aromatic nitrogens is 2. The van der Waals surface area contributed by atoms with Crippen molar-refractivity contribution in [1.29, 1.82) is 0 Å². The molecule has 1 aliphatic rings. The summed E-state index contributed by atoms with van der Waals surface area (Å²) >= 11 is 0. The van der Waals surface area contributed by atoms with Crippen LogP contribution in [-0.4, -0.2) is 27.8 Å². The van der Waals surface area contributed by atoms with Crippen LogP contribution in [0.3, 0.4) is 0 Å².